The van der Waals surface area contributed by atoms with Crippen molar-refractivity contribution < 1.29 is 32.7 Å². The molecule has 2 N–H and O–H groups in total. The number of non-ortho nitro benzene ring substituents is 3. The van der Waals surface area contributed by atoms with Crippen molar-refractivity contribution >= 4 is 38.9 Å². The van der Waals surface area contributed by atoms with E-state index in [1.54, 1.807) is 0 Å². The first-order chi connectivity index (χ1) is 15.4. The van der Waals surface area contributed by atoms with Gasteiger partial charge in [0, 0.05) is 30.3 Å². The molecule has 0 saturated heterocycles. The highest BCUT2D eigenvalue weighted by molar-refractivity contribution is 7.90. The third-order valence-electron chi connectivity index (χ3n) is 4.01. The van der Waals surface area contributed by atoms with Crippen molar-refractivity contribution in [2.75, 3.05) is 5.73 Å². The largest absolute Gasteiger partial charge is 0.402 e. The molecule has 1 heterocycles. The average Bonchev–Trinajstić information content (AvgIpc) is 3.14. The number of hydrogen-bond acceptors (Lipinski definition) is 12. The highest BCUT2D eigenvalue weighted by Gasteiger charge is 2.25. The van der Waals surface area contributed by atoms with E-state index < -0.39 is 64.3 Å². The van der Waals surface area contributed by atoms with Crippen LogP contribution in [0.2, 0.25) is 0 Å². The summed E-state index contributed by atoms with van der Waals surface area (Å²) in [6.45, 7) is 0. The molecule has 2 aromatic carbocycles. The maximum absolute atomic E-state index is 12.7. The van der Waals surface area contributed by atoms with E-state index >= 15 is 0 Å². The number of carbonyl (C=O) groups is 1. The molecule has 0 aliphatic carbocycles. The molecule has 170 valence electrons. The number of carbonyl (C=O) groups excluding carboxylic acids is 1. The van der Waals surface area contributed by atoms with Gasteiger partial charge in [-0.1, -0.05) is 0 Å². The number of ether oxygens (including phenoxy) is 1. The first-order valence-corrected chi connectivity index (χ1v) is 9.86. The van der Waals surface area contributed by atoms with Crippen LogP contribution in [0.1, 0.15) is 10.4 Å². The van der Waals surface area contributed by atoms with Crippen LogP contribution >= 0.6 is 0 Å². The standard InChI is InChI=1S/C16H10N6O10S/c17-14-8-15(18-19(14)33(30,31)13-3-1-10(2-4-13)20(24)25)32-16(23)9-5-11(21(26)27)7-12(6-9)22(28)29/h1-8H,17H2. The average molecular weight is 478 g/mol. The summed E-state index contributed by atoms with van der Waals surface area (Å²) in [6.07, 6.45) is 0. The van der Waals surface area contributed by atoms with Crippen LogP contribution in [-0.2, 0) is 10.0 Å². The van der Waals surface area contributed by atoms with Crippen molar-refractivity contribution in [2.45, 2.75) is 4.90 Å². The molecule has 3 rings (SSSR count). The van der Waals surface area contributed by atoms with Gasteiger partial charge in [-0.3, -0.25) is 30.3 Å². The Morgan fingerprint density at radius 1 is 0.879 bits per heavy atom. The second-order valence-corrected chi connectivity index (χ2v) is 7.92. The Kier molecular flexibility index (Phi) is 5.72. The van der Waals surface area contributed by atoms with Crippen LogP contribution in [0.25, 0.3) is 0 Å². The van der Waals surface area contributed by atoms with Crippen LogP contribution in [0.5, 0.6) is 5.88 Å². The number of nitrogens with zero attached hydrogens (tertiary/aromatic N) is 5. The van der Waals surface area contributed by atoms with Gasteiger partial charge in [-0.15, -0.1) is 9.19 Å². The Balaban J connectivity index is 1.92. The molecule has 0 amide bonds. The lowest BCUT2D eigenvalue weighted by molar-refractivity contribution is -0.394. The van der Waals surface area contributed by atoms with Crippen LogP contribution in [0, 0.1) is 30.3 Å². The smallest absolute Gasteiger partial charge is 0.345 e. The lowest BCUT2D eigenvalue weighted by atomic mass is 10.2. The molecule has 0 aliphatic heterocycles. The van der Waals surface area contributed by atoms with Gasteiger partial charge in [-0.05, 0) is 12.1 Å². The highest BCUT2D eigenvalue weighted by atomic mass is 32.2. The number of nitro benzene ring substituents is 3. The van der Waals surface area contributed by atoms with E-state index in [1.807, 2.05) is 0 Å². The second kappa shape index (κ2) is 8.30. The van der Waals surface area contributed by atoms with Crippen molar-refractivity contribution in [1.29, 1.82) is 0 Å². The third kappa shape index (κ3) is 4.56. The van der Waals surface area contributed by atoms with E-state index in [0.717, 1.165) is 42.5 Å². The monoisotopic (exact) mass is 478 g/mol. The minimum absolute atomic E-state index is 0.298. The molecule has 0 aliphatic rings. The maximum Gasteiger partial charge on any atom is 0.345 e. The fourth-order valence-electron chi connectivity index (χ4n) is 2.52. The minimum atomic E-state index is -4.44. The molecule has 0 bridgehead atoms. The number of aromatic nitrogens is 2. The van der Waals surface area contributed by atoms with E-state index in [4.69, 9.17) is 10.5 Å². The van der Waals surface area contributed by atoms with Gasteiger partial charge in [-0.2, -0.15) is 8.42 Å². The van der Waals surface area contributed by atoms with Crippen LogP contribution in [0.3, 0.4) is 0 Å². The van der Waals surface area contributed by atoms with Crippen molar-refractivity contribution in [2.24, 2.45) is 0 Å². The molecular weight excluding hydrogens is 468 g/mol. The summed E-state index contributed by atoms with van der Waals surface area (Å²) in [4.78, 5) is 41.9. The summed E-state index contributed by atoms with van der Waals surface area (Å²) in [5, 5.41) is 36.2. The Labute approximate surface area is 182 Å². The van der Waals surface area contributed by atoms with Gasteiger partial charge in [0.15, 0.2) is 0 Å². The summed E-state index contributed by atoms with van der Waals surface area (Å²) in [7, 11) is -4.44. The first kappa shape index (κ1) is 22.7. The molecule has 0 radical (unpaired) electrons. The molecule has 0 atom stereocenters. The first-order valence-electron chi connectivity index (χ1n) is 8.42. The van der Waals surface area contributed by atoms with Gasteiger partial charge in [0.25, 0.3) is 27.1 Å². The van der Waals surface area contributed by atoms with E-state index in [9.17, 15) is 43.6 Å². The number of nitrogen functional groups attached to an aromatic ring is 1. The molecule has 0 fully saturated rings. The van der Waals surface area contributed by atoms with Crippen molar-refractivity contribution in [3.05, 3.63) is 84.4 Å². The van der Waals surface area contributed by atoms with Gasteiger partial charge in [-0.25, -0.2) is 4.79 Å². The highest BCUT2D eigenvalue weighted by Crippen LogP contribution is 2.26. The molecule has 1 aromatic heterocycles. The van der Waals surface area contributed by atoms with Crippen LogP contribution in [-0.4, -0.2) is 38.3 Å². The number of benzene rings is 2. The zero-order valence-corrected chi connectivity index (χ0v) is 16.7. The molecule has 17 heteroatoms. The van der Waals surface area contributed by atoms with Crippen LogP contribution in [0.4, 0.5) is 22.9 Å². The number of nitrogens with two attached hydrogens (primary N) is 1. The minimum Gasteiger partial charge on any atom is -0.402 e. The van der Waals surface area contributed by atoms with Crippen molar-refractivity contribution in [3.8, 4) is 5.88 Å². The third-order valence-corrected chi connectivity index (χ3v) is 5.63. The van der Waals surface area contributed by atoms with Gasteiger partial charge in [0.1, 0.15) is 5.82 Å². The molecule has 16 nitrogen and oxygen atoms in total. The summed E-state index contributed by atoms with van der Waals surface area (Å²) in [5.41, 5.74) is 3.21. The van der Waals surface area contributed by atoms with Crippen LogP contribution < -0.4 is 10.5 Å². The number of nitro groups is 3. The summed E-state index contributed by atoms with van der Waals surface area (Å²) < 4.78 is 30.6. The van der Waals surface area contributed by atoms with Crippen molar-refractivity contribution in [1.82, 2.24) is 9.19 Å². The van der Waals surface area contributed by atoms with Crippen molar-refractivity contribution in [3.63, 3.8) is 0 Å². The van der Waals surface area contributed by atoms with E-state index in [-0.39, 0.29) is 5.69 Å². The fraction of sp³-hybridized carbons (Fsp3) is 0. The predicted molar refractivity (Wildman–Crippen MR) is 107 cm³/mol. The topological polar surface area (TPSA) is 234 Å². The molecule has 0 unspecified atom stereocenters. The van der Waals surface area contributed by atoms with E-state index in [1.165, 1.54) is 0 Å². The lowest BCUT2D eigenvalue weighted by Crippen LogP contribution is -2.17. The zero-order chi connectivity index (χ0) is 24.5. The number of rotatable bonds is 7. The zero-order valence-electron chi connectivity index (χ0n) is 15.9. The molecule has 33 heavy (non-hydrogen) atoms. The van der Waals surface area contributed by atoms with Gasteiger partial charge in [0.05, 0.1) is 31.3 Å². The Bertz CT molecular complexity index is 1380. The van der Waals surface area contributed by atoms with Crippen LogP contribution in [0.15, 0.2) is 53.4 Å². The Morgan fingerprint density at radius 2 is 1.39 bits per heavy atom. The summed E-state index contributed by atoms with van der Waals surface area (Å²) in [5.74, 6) is -2.43. The SMILES string of the molecule is Nc1cc(OC(=O)c2cc([N+](=O)[O-])cc([N+](=O)[O-])c2)nn1S(=O)(=O)c1ccc([N+](=O)[O-])cc1. The summed E-state index contributed by atoms with van der Waals surface area (Å²) in [6, 6.07) is 6.73. The second-order valence-electron chi connectivity index (χ2n) is 6.15. The summed E-state index contributed by atoms with van der Waals surface area (Å²) >= 11 is 0. The van der Waals surface area contributed by atoms with Gasteiger partial charge >= 0.3 is 5.97 Å². The number of esters is 1. The fourth-order valence-corrected chi connectivity index (χ4v) is 3.72. The van der Waals surface area contributed by atoms with E-state index in [2.05, 4.69) is 5.10 Å². The van der Waals surface area contributed by atoms with Gasteiger partial charge < -0.3 is 10.5 Å². The molecule has 3 aromatic rings. The molecule has 0 saturated carbocycles. The van der Waals surface area contributed by atoms with E-state index in [0.29, 0.717) is 10.2 Å². The Morgan fingerprint density at radius 3 is 1.88 bits per heavy atom. The molecular formula is C16H10N6O10S. The predicted octanol–water partition coefficient (Wildman–Crippen LogP) is 1.65. The number of anilines is 1. The Hall–Kier alpha value is -4.93. The van der Waals surface area contributed by atoms with Gasteiger partial charge in [0.2, 0.25) is 5.88 Å². The quantitative estimate of drug-likeness (QED) is 0.290. The maximum atomic E-state index is 12.7. The normalized spacial score (nSPS) is 11.0. The molecule has 0 spiro atoms. The number of hydrogen-bond donors (Lipinski definition) is 1. The lowest BCUT2D eigenvalue weighted by Gasteiger charge is -2.05.